The number of halogens is 3. The molecule has 1 amide bonds. The van der Waals surface area contributed by atoms with Crippen molar-refractivity contribution in [2.45, 2.75) is 30.5 Å². The summed E-state index contributed by atoms with van der Waals surface area (Å²) in [6.07, 6.45) is -4.10. The van der Waals surface area contributed by atoms with Gasteiger partial charge in [-0.3, -0.25) is 4.79 Å². The van der Waals surface area contributed by atoms with E-state index in [0.29, 0.717) is 0 Å². The summed E-state index contributed by atoms with van der Waals surface area (Å²) in [6, 6.07) is 9.51. The smallest absolute Gasteiger partial charge is 0.366 e. The van der Waals surface area contributed by atoms with E-state index in [1.165, 1.54) is 36.4 Å². The van der Waals surface area contributed by atoms with Gasteiger partial charge in [-0.25, -0.2) is 8.42 Å². The predicted molar refractivity (Wildman–Crippen MR) is 106 cm³/mol. The number of benzene rings is 2. The Morgan fingerprint density at radius 2 is 1.57 bits per heavy atom. The first-order valence-electron chi connectivity index (χ1n) is 8.78. The summed E-state index contributed by atoms with van der Waals surface area (Å²) < 4.78 is 63.8. The predicted octanol–water partition coefficient (Wildman–Crippen LogP) is 3.49. The summed E-state index contributed by atoms with van der Waals surface area (Å²) in [5.41, 5.74) is -3.58. The van der Waals surface area contributed by atoms with Crippen LogP contribution in [-0.2, 0) is 20.2 Å². The second-order valence-corrected chi connectivity index (χ2v) is 8.99. The minimum absolute atomic E-state index is 0.00170. The maximum absolute atomic E-state index is 13.6. The molecule has 2 aromatic rings. The molecule has 1 unspecified atom stereocenters. The molecule has 160 valence electrons. The van der Waals surface area contributed by atoms with E-state index in [1.807, 2.05) is 5.92 Å². The van der Waals surface area contributed by atoms with Crippen molar-refractivity contribution in [1.82, 2.24) is 0 Å². The minimum atomic E-state index is -5.10. The summed E-state index contributed by atoms with van der Waals surface area (Å²) in [6.45, 7) is 3.34. The van der Waals surface area contributed by atoms with Crippen LogP contribution in [0, 0.1) is 17.8 Å². The first-order valence-corrected chi connectivity index (χ1v) is 10.7. The lowest BCUT2D eigenvalue weighted by Gasteiger charge is -2.26. The van der Waals surface area contributed by atoms with Crippen molar-refractivity contribution in [3.05, 3.63) is 59.7 Å². The third-order valence-electron chi connectivity index (χ3n) is 4.18. The zero-order chi connectivity index (χ0) is 22.7. The van der Waals surface area contributed by atoms with Crippen LogP contribution in [0.1, 0.15) is 25.0 Å². The number of carbonyl (C=O) groups is 1. The van der Waals surface area contributed by atoms with Crippen molar-refractivity contribution < 1.29 is 31.5 Å². The largest absolute Gasteiger partial charge is 0.433 e. The van der Waals surface area contributed by atoms with E-state index in [-0.39, 0.29) is 28.0 Å². The molecule has 0 aliphatic carbocycles. The van der Waals surface area contributed by atoms with E-state index in [9.17, 15) is 31.5 Å². The lowest BCUT2D eigenvalue weighted by atomic mass is 9.93. The molecule has 30 heavy (non-hydrogen) atoms. The second kappa shape index (κ2) is 8.50. The fourth-order valence-electron chi connectivity index (χ4n) is 2.34. The van der Waals surface area contributed by atoms with Gasteiger partial charge >= 0.3 is 6.18 Å². The molecule has 1 atom stereocenters. The first kappa shape index (κ1) is 23.4. The van der Waals surface area contributed by atoms with E-state index in [0.717, 1.165) is 18.4 Å². The highest BCUT2D eigenvalue weighted by molar-refractivity contribution is 7.90. The van der Waals surface area contributed by atoms with Gasteiger partial charge in [0, 0.05) is 29.0 Å². The van der Waals surface area contributed by atoms with Crippen LogP contribution >= 0.6 is 0 Å². The molecule has 2 rings (SSSR count). The van der Waals surface area contributed by atoms with Crippen LogP contribution in [-0.4, -0.2) is 31.9 Å². The number of amides is 1. The van der Waals surface area contributed by atoms with E-state index >= 15 is 0 Å². The SMILES string of the molecule is CC(C)C(=O)Nc1ccc(C(O)(C#Cc2ccc(S(C)(=O)=O)cc2)C(F)(F)F)cc1. The number of aliphatic hydroxyl groups is 1. The van der Waals surface area contributed by atoms with E-state index in [1.54, 1.807) is 13.8 Å². The quantitative estimate of drug-likeness (QED) is 0.715. The zero-order valence-corrected chi connectivity index (χ0v) is 17.2. The van der Waals surface area contributed by atoms with Gasteiger partial charge in [0.25, 0.3) is 0 Å². The lowest BCUT2D eigenvalue weighted by Crippen LogP contribution is -2.41. The highest BCUT2D eigenvalue weighted by atomic mass is 32.2. The lowest BCUT2D eigenvalue weighted by molar-refractivity contribution is -0.240. The third kappa shape index (κ3) is 5.40. The number of carbonyl (C=O) groups excluding carboxylic acids is 1. The number of sulfone groups is 1. The van der Waals surface area contributed by atoms with E-state index in [2.05, 4.69) is 11.2 Å². The molecular formula is C21H20F3NO4S. The fourth-order valence-corrected chi connectivity index (χ4v) is 2.97. The van der Waals surface area contributed by atoms with Crippen LogP contribution in [0.5, 0.6) is 0 Å². The average Bonchev–Trinajstić information content (AvgIpc) is 2.65. The molecule has 2 N–H and O–H groups in total. The summed E-state index contributed by atoms with van der Waals surface area (Å²) in [5, 5.41) is 12.9. The number of alkyl halides is 3. The highest BCUT2D eigenvalue weighted by Gasteiger charge is 2.54. The monoisotopic (exact) mass is 439 g/mol. The zero-order valence-electron chi connectivity index (χ0n) is 16.4. The molecule has 0 spiro atoms. The molecule has 0 bridgehead atoms. The topological polar surface area (TPSA) is 83.5 Å². The molecule has 0 aliphatic rings. The van der Waals surface area contributed by atoms with Crippen molar-refractivity contribution in [2.75, 3.05) is 11.6 Å². The number of rotatable bonds is 4. The van der Waals surface area contributed by atoms with Crippen LogP contribution in [0.25, 0.3) is 0 Å². The number of anilines is 1. The standard InChI is InChI=1S/C21H20F3NO4S/c1-14(2)19(26)25-17-8-6-16(7-9-17)20(27,21(22,23)24)13-12-15-4-10-18(11-5-15)30(3,28)29/h4-11,14,27H,1-3H3,(H,25,26). The molecule has 0 aromatic heterocycles. The van der Waals surface area contributed by atoms with E-state index < -0.39 is 27.2 Å². The Bertz CT molecular complexity index is 1080. The Hall–Kier alpha value is -2.83. The van der Waals surface area contributed by atoms with Gasteiger partial charge < -0.3 is 10.4 Å². The van der Waals surface area contributed by atoms with Crippen molar-refractivity contribution in [2.24, 2.45) is 5.92 Å². The second-order valence-electron chi connectivity index (χ2n) is 6.98. The van der Waals surface area contributed by atoms with Crippen LogP contribution in [0.3, 0.4) is 0 Å². The first-order chi connectivity index (χ1) is 13.7. The van der Waals surface area contributed by atoms with Crippen LogP contribution in [0.4, 0.5) is 18.9 Å². The van der Waals surface area contributed by atoms with Crippen LogP contribution < -0.4 is 5.32 Å². The Morgan fingerprint density at radius 1 is 1.03 bits per heavy atom. The molecule has 0 radical (unpaired) electrons. The number of hydrogen-bond donors (Lipinski definition) is 2. The minimum Gasteiger partial charge on any atom is -0.366 e. The number of nitrogens with one attached hydrogen (secondary N) is 1. The van der Waals surface area contributed by atoms with Gasteiger partial charge in [-0.05, 0) is 42.3 Å². The van der Waals surface area contributed by atoms with Gasteiger partial charge in [-0.2, -0.15) is 13.2 Å². The summed E-state index contributed by atoms with van der Waals surface area (Å²) in [7, 11) is -3.45. The van der Waals surface area contributed by atoms with Gasteiger partial charge in [0.15, 0.2) is 9.84 Å². The molecule has 5 nitrogen and oxygen atoms in total. The Balaban J connectivity index is 2.38. The van der Waals surface area contributed by atoms with Crippen LogP contribution in [0.15, 0.2) is 53.4 Å². The summed E-state index contributed by atoms with van der Waals surface area (Å²) >= 11 is 0. The van der Waals surface area contributed by atoms with Gasteiger partial charge in [0.1, 0.15) is 0 Å². The molecule has 0 saturated carbocycles. The van der Waals surface area contributed by atoms with Gasteiger partial charge in [0.2, 0.25) is 11.5 Å². The Morgan fingerprint density at radius 3 is 2.00 bits per heavy atom. The molecule has 0 fully saturated rings. The normalized spacial score (nSPS) is 13.9. The summed E-state index contributed by atoms with van der Waals surface area (Å²) in [4.78, 5) is 11.7. The highest BCUT2D eigenvalue weighted by Crippen LogP contribution is 2.39. The van der Waals surface area contributed by atoms with Gasteiger partial charge in [-0.1, -0.05) is 31.9 Å². The van der Waals surface area contributed by atoms with Crippen molar-refractivity contribution >= 4 is 21.4 Å². The Labute approximate surface area is 172 Å². The van der Waals surface area contributed by atoms with Gasteiger partial charge in [0.05, 0.1) is 4.90 Å². The average molecular weight is 439 g/mol. The van der Waals surface area contributed by atoms with Crippen LogP contribution in [0.2, 0.25) is 0 Å². The molecular weight excluding hydrogens is 419 g/mol. The fraction of sp³-hybridized carbons (Fsp3) is 0.286. The van der Waals surface area contributed by atoms with E-state index in [4.69, 9.17) is 0 Å². The van der Waals surface area contributed by atoms with Crippen molar-refractivity contribution in [3.8, 4) is 11.8 Å². The maximum Gasteiger partial charge on any atom is 0.433 e. The van der Waals surface area contributed by atoms with Crippen molar-refractivity contribution in [3.63, 3.8) is 0 Å². The molecule has 0 saturated heterocycles. The maximum atomic E-state index is 13.6. The van der Waals surface area contributed by atoms with Gasteiger partial charge in [-0.15, -0.1) is 0 Å². The summed E-state index contributed by atoms with van der Waals surface area (Å²) in [5.74, 6) is 3.49. The molecule has 2 aromatic carbocycles. The number of hydrogen-bond acceptors (Lipinski definition) is 4. The Kier molecular flexibility index (Phi) is 6.64. The molecule has 9 heteroatoms. The molecule has 0 aliphatic heterocycles. The van der Waals surface area contributed by atoms with Crippen molar-refractivity contribution in [1.29, 1.82) is 0 Å². The molecule has 0 heterocycles. The third-order valence-corrected chi connectivity index (χ3v) is 5.30.